The molecular formula is C16H16O6. The SMILES string of the molecule is O=C(O)[C@@H]1C[C@H]1c1ccco1.O=C(O)[C@H]1C[C@@H]1c1ccco1. The van der Waals surface area contributed by atoms with Gasteiger partial charge >= 0.3 is 11.9 Å². The standard InChI is InChI=1S/2C8H8O3/c2*9-8(10)6-4-5(6)7-2-1-3-11-7/h2*1-3,5-6H,4H2,(H,9,10)/t2*5-,6-/m10/s1. The summed E-state index contributed by atoms with van der Waals surface area (Å²) in [6.45, 7) is 0. The molecule has 2 aromatic rings. The first-order valence-electron chi connectivity index (χ1n) is 7.10. The van der Waals surface area contributed by atoms with Gasteiger partial charge in [-0.1, -0.05) is 0 Å². The van der Waals surface area contributed by atoms with Crippen molar-refractivity contribution in [2.24, 2.45) is 11.8 Å². The van der Waals surface area contributed by atoms with Gasteiger partial charge in [0, 0.05) is 11.8 Å². The summed E-state index contributed by atoms with van der Waals surface area (Å²) in [5.74, 6) is 0.0138. The summed E-state index contributed by atoms with van der Waals surface area (Å²) in [5.41, 5.74) is 0. The third kappa shape index (κ3) is 3.05. The molecule has 0 amide bonds. The van der Waals surface area contributed by atoms with Crippen LogP contribution in [0.5, 0.6) is 0 Å². The van der Waals surface area contributed by atoms with Crippen LogP contribution in [0.25, 0.3) is 0 Å². The maximum absolute atomic E-state index is 10.4. The van der Waals surface area contributed by atoms with Gasteiger partial charge in [0.05, 0.1) is 24.4 Å². The van der Waals surface area contributed by atoms with Crippen LogP contribution in [-0.2, 0) is 9.59 Å². The van der Waals surface area contributed by atoms with Crippen LogP contribution in [-0.4, -0.2) is 22.2 Å². The average molecular weight is 304 g/mol. The summed E-state index contributed by atoms with van der Waals surface area (Å²) < 4.78 is 10.1. The van der Waals surface area contributed by atoms with Crippen LogP contribution in [0.4, 0.5) is 0 Å². The van der Waals surface area contributed by atoms with E-state index >= 15 is 0 Å². The molecule has 0 radical (unpaired) electrons. The van der Waals surface area contributed by atoms with E-state index in [0.29, 0.717) is 0 Å². The third-order valence-corrected chi connectivity index (χ3v) is 4.03. The Bertz CT molecular complexity index is 584. The summed E-state index contributed by atoms with van der Waals surface area (Å²) in [5, 5.41) is 17.2. The first-order valence-corrected chi connectivity index (χ1v) is 7.10. The van der Waals surface area contributed by atoms with Crippen molar-refractivity contribution in [1.82, 2.24) is 0 Å². The fourth-order valence-corrected chi connectivity index (χ4v) is 2.57. The van der Waals surface area contributed by atoms with Crippen LogP contribution in [0.15, 0.2) is 45.6 Å². The maximum atomic E-state index is 10.4. The first-order chi connectivity index (χ1) is 10.6. The van der Waals surface area contributed by atoms with Gasteiger partial charge in [0.15, 0.2) is 0 Å². The lowest BCUT2D eigenvalue weighted by molar-refractivity contribution is -0.139. The summed E-state index contributed by atoms with van der Waals surface area (Å²) >= 11 is 0. The third-order valence-electron chi connectivity index (χ3n) is 4.03. The number of hydrogen-bond acceptors (Lipinski definition) is 4. The van der Waals surface area contributed by atoms with Gasteiger partial charge in [0.25, 0.3) is 0 Å². The summed E-state index contributed by atoms with van der Waals surface area (Å²) in [7, 11) is 0. The zero-order chi connectivity index (χ0) is 15.7. The Labute approximate surface area is 126 Å². The zero-order valence-corrected chi connectivity index (χ0v) is 11.7. The molecule has 2 heterocycles. The van der Waals surface area contributed by atoms with Crippen molar-refractivity contribution in [2.45, 2.75) is 24.7 Å². The van der Waals surface area contributed by atoms with E-state index in [9.17, 15) is 9.59 Å². The highest BCUT2D eigenvalue weighted by Crippen LogP contribution is 2.48. The van der Waals surface area contributed by atoms with E-state index in [4.69, 9.17) is 19.0 Å². The number of carboxylic acid groups (broad SMARTS) is 2. The van der Waals surface area contributed by atoms with Crippen LogP contribution in [0.3, 0.4) is 0 Å². The van der Waals surface area contributed by atoms with E-state index in [1.807, 2.05) is 12.1 Å². The molecule has 22 heavy (non-hydrogen) atoms. The minimum atomic E-state index is -0.716. The Morgan fingerprint density at radius 3 is 1.50 bits per heavy atom. The van der Waals surface area contributed by atoms with E-state index in [2.05, 4.69) is 0 Å². The first kappa shape index (κ1) is 14.4. The van der Waals surface area contributed by atoms with Gasteiger partial charge in [-0.2, -0.15) is 0 Å². The van der Waals surface area contributed by atoms with Gasteiger partial charge in [-0.25, -0.2) is 0 Å². The van der Waals surface area contributed by atoms with Gasteiger partial charge in [-0.05, 0) is 37.1 Å². The number of carboxylic acids is 2. The van der Waals surface area contributed by atoms with Crippen molar-refractivity contribution in [3.8, 4) is 0 Å². The molecule has 6 nitrogen and oxygen atoms in total. The van der Waals surface area contributed by atoms with Crippen molar-refractivity contribution in [3.63, 3.8) is 0 Å². The minimum Gasteiger partial charge on any atom is -0.481 e. The Hall–Kier alpha value is -2.50. The van der Waals surface area contributed by atoms with Crippen LogP contribution in [0.2, 0.25) is 0 Å². The molecule has 6 heteroatoms. The van der Waals surface area contributed by atoms with Crippen LogP contribution in [0.1, 0.15) is 36.2 Å². The number of furan rings is 2. The minimum absolute atomic E-state index is 0.127. The van der Waals surface area contributed by atoms with E-state index in [-0.39, 0.29) is 23.7 Å². The van der Waals surface area contributed by atoms with E-state index < -0.39 is 11.9 Å². The summed E-state index contributed by atoms with van der Waals surface area (Å²) in [6, 6.07) is 7.22. The molecule has 2 aliphatic carbocycles. The van der Waals surface area contributed by atoms with Crippen molar-refractivity contribution >= 4 is 11.9 Å². The lowest BCUT2D eigenvalue weighted by atomic mass is 10.2. The highest BCUT2D eigenvalue weighted by atomic mass is 16.4. The van der Waals surface area contributed by atoms with E-state index in [0.717, 1.165) is 24.4 Å². The van der Waals surface area contributed by atoms with Gasteiger partial charge in [-0.3, -0.25) is 9.59 Å². The van der Waals surface area contributed by atoms with Gasteiger partial charge < -0.3 is 19.0 Å². The molecule has 4 atom stereocenters. The highest BCUT2D eigenvalue weighted by Gasteiger charge is 2.46. The quantitative estimate of drug-likeness (QED) is 0.900. The molecule has 0 aromatic carbocycles. The zero-order valence-electron chi connectivity index (χ0n) is 11.7. The van der Waals surface area contributed by atoms with Crippen LogP contribution < -0.4 is 0 Å². The van der Waals surface area contributed by atoms with Crippen LogP contribution >= 0.6 is 0 Å². The van der Waals surface area contributed by atoms with Gasteiger partial charge in [0.1, 0.15) is 11.5 Å². The van der Waals surface area contributed by atoms with E-state index in [1.165, 1.54) is 0 Å². The predicted octanol–water partition coefficient (Wildman–Crippen LogP) is 2.94. The van der Waals surface area contributed by atoms with Crippen molar-refractivity contribution in [3.05, 3.63) is 48.3 Å². The molecule has 2 aromatic heterocycles. The topological polar surface area (TPSA) is 101 Å². The van der Waals surface area contributed by atoms with Crippen molar-refractivity contribution in [2.75, 3.05) is 0 Å². The molecule has 2 saturated carbocycles. The number of aliphatic carboxylic acids is 2. The largest absolute Gasteiger partial charge is 0.481 e. The second kappa shape index (κ2) is 5.71. The molecule has 116 valence electrons. The number of rotatable bonds is 4. The molecule has 2 aliphatic rings. The fraction of sp³-hybridized carbons (Fsp3) is 0.375. The molecule has 0 unspecified atom stereocenters. The Balaban J connectivity index is 0.000000131. The fourth-order valence-electron chi connectivity index (χ4n) is 2.57. The Morgan fingerprint density at radius 1 is 0.864 bits per heavy atom. The normalized spacial score (nSPS) is 28.4. The van der Waals surface area contributed by atoms with Gasteiger partial charge in [0.2, 0.25) is 0 Å². The number of hydrogen-bond donors (Lipinski definition) is 2. The molecule has 0 saturated heterocycles. The monoisotopic (exact) mass is 304 g/mol. The summed E-state index contributed by atoms with van der Waals surface area (Å²) in [4.78, 5) is 20.9. The molecular weight excluding hydrogens is 288 g/mol. The Kier molecular flexibility index (Phi) is 3.75. The predicted molar refractivity (Wildman–Crippen MR) is 74.4 cm³/mol. The highest BCUT2D eigenvalue weighted by molar-refractivity contribution is 5.75. The van der Waals surface area contributed by atoms with Crippen molar-refractivity contribution in [1.29, 1.82) is 0 Å². The molecule has 0 bridgehead atoms. The average Bonchev–Trinajstić information content (AvgIpc) is 3.34. The summed E-state index contributed by atoms with van der Waals surface area (Å²) in [6.07, 6.45) is 4.60. The van der Waals surface area contributed by atoms with Crippen LogP contribution in [0, 0.1) is 11.8 Å². The molecule has 2 fully saturated rings. The second-order valence-corrected chi connectivity index (χ2v) is 5.60. The molecule has 0 aliphatic heterocycles. The van der Waals surface area contributed by atoms with E-state index in [1.54, 1.807) is 24.7 Å². The van der Waals surface area contributed by atoms with Gasteiger partial charge in [-0.15, -0.1) is 0 Å². The lowest BCUT2D eigenvalue weighted by Gasteiger charge is -1.88. The van der Waals surface area contributed by atoms with Crippen molar-refractivity contribution < 1.29 is 28.6 Å². The second-order valence-electron chi connectivity index (χ2n) is 5.60. The Morgan fingerprint density at radius 2 is 1.27 bits per heavy atom. The number of carbonyl (C=O) groups is 2. The molecule has 0 spiro atoms. The molecule has 4 rings (SSSR count). The maximum Gasteiger partial charge on any atom is 0.307 e. The lowest BCUT2D eigenvalue weighted by Crippen LogP contribution is -1.98. The molecule has 2 N–H and O–H groups in total. The smallest absolute Gasteiger partial charge is 0.307 e.